The molecule has 0 saturated carbocycles. The van der Waals surface area contributed by atoms with E-state index in [1.807, 2.05) is 0 Å². The molecule has 1 aliphatic rings. The van der Waals surface area contributed by atoms with Crippen LogP contribution < -0.4 is 0 Å². The van der Waals surface area contributed by atoms with E-state index in [0.29, 0.717) is 6.61 Å². The summed E-state index contributed by atoms with van der Waals surface area (Å²) < 4.78 is 10.5. The SMILES string of the molecule is CC(Cl)(COC1CCCCO1)[N+](=O)[O-]. The van der Waals surface area contributed by atoms with Crippen LogP contribution in [0.25, 0.3) is 0 Å². The zero-order valence-corrected chi connectivity index (χ0v) is 8.83. The van der Waals surface area contributed by atoms with Crippen molar-refractivity contribution in [3.63, 3.8) is 0 Å². The van der Waals surface area contributed by atoms with Crippen LogP contribution in [0.4, 0.5) is 0 Å². The van der Waals surface area contributed by atoms with E-state index in [1.54, 1.807) is 0 Å². The molecule has 2 unspecified atom stereocenters. The second-order valence-corrected chi connectivity index (χ2v) is 4.32. The highest BCUT2D eigenvalue weighted by atomic mass is 35.5. The third kappa shape index (κ3) is 3.40. The first kappa shape index (κ1) is 11.7. The average molecular weight is 224 g/mol. The molecule has 1 fully saturated rings. The van der Waals surface area contributed by atoms with Crippen molar-refractivity contribution in [2.75, 3.05) is 13.2 Å². The summed E-state index contributed by atoms with van der Waals surface area (Å²) in [6.07, 6.45) is 2.50. The molecule has 0 aromatic rings. The molecule has 82 valence electrons. The first-order chi connectivity index (χ1) is 6.52. The lowest BCUT2D eigenvalue weighted by atomic mass is 10.2. The van der Waals surface area contributed by atoms with Crippen molar-refractivity contribution in [3.8, 4) is 0 Å². The van der Waals surface area contributed by atoms with Gasteiger partial charge in [-0.05, 0) is 30.9 Å². The lowest BCUT2D eigenvalue weighted by Crippen LogP contribution is -2.36. The molecule has 1 saturated heterocycles. The fourth-order valence-corrected chi connectivity index (χ4v) is 1.20. The minimum Gasteiger partial charge on any atom is -0.353 e. The molecule has 0 N–H and O–H groups in total. The normalized spacial score (nSPS) is 26.9. The Bertz CT molecular complexity index is 204. The molecule has 1 rings (SSSR count). The van der Waals surface area contributed by atoms with Gasteiger partial charge in [0.25, 0.3) is 0 Å². The number of rotatable bonds is 4. The Morgan fingerprint density at radius 3 is 2.93 bits per heavy atom. The summed E-state index contributed by atoms with van der Waals surface area (Å²) in [5.74, 6) is 0. The highest BCUT2D eigenvalue weighted by molar-refractivity contribution is 6.22. The highest BCUT2D eigenvalue weighted by Gasteiger charge is 2.35. The molecule has 6 heteroatoms. The Morgan fingerprint density at radius 1 is 1.71 bits per heavy atom. The Hall–Kier alpha value is -0.390. The Balaban J connectivity index is 2.28. The molecule has 0 aromatic heterocycles. The summed E-state index contributed by atoms with van der Waals surface area (Å²) in [6, 6.07) is 0. The van der Waals surface area contributed by atoms with Crippen molar-refractivity contribution in [2.45, 2.75) is 37.5 Å². The Kier molecular flexibility index (Phi) is 4.10. The van der Waals surface area contributed by atoms with E-state index in [4.69, 9.17) is 21.1 Å². The Labute approximate surface area is 87.5 Å². The summed E-state index contributed by atoms with van der Waals surface area (Å²) in [5, 5.41) is 10.4. The van der Waals surface area contributed by atoms with E-state index in [1.165, 1.54) is 6.92 Å². The summed E-state index contributed by atoms with van der Waals surface area (Å²) >= 11 is 5.61. The fraction of sp³-hybridized carbons (Fsp3) is 1.00. The first-order valence-electron chi connectivity index (χ1n) is 4.59. The second kappa shape index (κ2) is 4.91. The molecule has 0 spiro atoms. The van der Waals surface area contributed by atoms with Gasteiger partial charge in [0.15, 0.2) is 6.29 Å². The van der Waals surface area contributed by atoms with Gasteiger partial charge in [0.1, 0.15) is 6.61 Å². The van der Waals surface area contributed by atoms with Crippen LogP contribution in [0, 0.1) is 10.1 Å². The van der Waals surface area contributed by atoms with E-state index >= 15 is 0 Å². The van der Waals surface area contributed by atoms with Gasteiger partial charge >= 0.3 is 5.00 Å². The molecule has 14 heavy (non-hydrogen) atoms. The van der Waals surface area contributed by atoms with Crippen LogP contribution in [0.3, 0.4) is 0 Å². The topological polar surface area (TPSA) is 61.6 Å². The van der Waals surface area contributed by atoms with Crippen molar-refractivity contribution < 1.29 is 14.4 Å². The van der Waals surface area contributed by atoms with Gasteiger partial charge in [0.05, 0.1) is 0 Å². The minimum atomic E-state index is -1.55. The van der Waals surface area contributed by atoms with Gasteiger partial charge in [-0.15, -0.1) is 0 Å². The average Bonchev–Trinajstić information content (AvgIpc) is 2.16. The third-order valence-electron chi connectivity index (χ3n) is 2.05. The van der Waals surface area contributed by atoms with Crippen molar-refractivity contribution in [2.24, 2.45) is 0 Å². The zero-order chi connectivity index (χ0) is 10.6. The van der Waals surface area contributed by atoms with Crippen LogP contribution in [0.1, 0.15) is 26.2 Å². The molecule has 0 bridgehead atoms. The van der Waals surface area contributed by atoms with Crippen LogP contribution in [0.5, 0.6) is 0 Å². The molecule has 0 amide bonds. The number of hydrogen-bond acceptors (Lipinski definition) is 4. The molecular formula is C8H14ClNO4. The number of ether oxygens (including phenoxy) is 2. The number of halogens is 1. The molecule has 0 aliphatic carbocycles. The monoisotopic (exact) mass is 223 g/mol. The van der Waals surface area contributed by atoms with Gasteiger partial charge in [0, 0.05) is 18.5 Å². The predicted octanol–water partition coefficient (Wildman–Crippen LogP) is 1.76. The lowest BCUT2D eigenvalue weighted by Gasteiger charge is -2.24. The van der Waals surface area contributed by atoms with Gasteiger partial charge in [-0.1, -0.05) is 0 Å². The molecule has 2 atom stereocenters. The van der Waals surface area contributed by atoms with E-state index < -0.39 is 9.92 Å². The minimum absolute atomic E-state index is 0.133. The van der Waals surface area contributed by atoms with Crippen molar-refractivity contribution in [3.05, 3.63) is 10.1 Å². The fourth-order valence-electron chi connectivity index (χ4n) is 1.14. The van der Waals surface area contributed by atoms with Gasteiger partial charge < -0.3 is 9.47 Å². The largest absolute Gasteiger partial charge is 0.353 e. The van der Waals surface area contributed by atoms with Gasteiger partial charge in [-0.3, -0.25) is 10.1 Å². The summed E-state index contributed by atoms with van der Waals surface area (Å²) in [7, 11) is 0. The van der Waals surface area contributed by atoms with Crippen LogP contribution >= 0.6 is 11.6 Å². The van der Waals surface area contributed by atoms with E-state index in [9.17, 15) is 10.1 Å². The van der Waals surface area contributed by atoms with E-state index in [-0.39, 0.29) is 12.9 Å². The summed E-state index contributed by atoms with van der Waals surface area (Å²) in [5.41, 5.74) is 0. The molecule has 1 heterocycles. The zero-order valence-electron chi connectivity index (χ0n) is 8.07. The number of hydrogen-bond donors (Lipinski definition) is 0. The summed E-state index contributed by atoms with van der Waals surface area (Å²) in [6.45, 7) is 1.84. The lowest BCUT2D eigenvalue weighted by molar-refractivity contribution is -0.543. The predicted molar refractivity (Wildman–Crippen MR) is 50.8 cm³/mol. The number of alkyl halides is 1. The van der Waals surface area contributed by atoms with Crippen molar-refractivity contribution >= 4 is 11.6 Å². The maximum atomic E-state index is 10.4. The second-order valence-electron chi connectivity index (χ2n) is 3.51. The van der Waals surface area contributed by atoms with E-state index in [0.717, 1.165) is 19.3 Å². The van der Waals surface area contributed by atoms with Gasteiger partial charge in [-0.2, -0.15) is 0 Å². The molecular weight excluding hydrogens is 210 g/mol. The van der Waals surface area contributed by atoms with E-state index in [2.05, 4.69) is 0 Å². The van der Waals surface area contributed by atoms with Crippen LogP contribution in [-0.2, 0) is 9.47 Å². The Morgan fingerprint density at radius 2 is 2.43 bits per heavy atom. The van der Waals surface area contributed by atoms with Crippen LogP contribution in [0.2, 0.25) is 0 Å². The van der Waals surface area contributed by atoms with Gasteiger partial charge in [0.2, 0.25) is 0 Å². The number of nitrogens with zero attached hydrogens (tertiary/aromatic N) is 1. The molecule has 5 nitrogen and oxygen atoms in total. The first-order valence-corrected chi connectivity index (χ1v) is 4.97. The smallest absolute Gasteiger partial charge is 0.315 e. The van der Waals surface area contributed by atoms with Crippen LogP contribution in [0.15, 0.2) is 0 Å². The van der Waals surface area contributed by atoms with Crippen molar-refractivity contribution in [1.29, 1.82) is 0 Å². The maximum Gasteiger partial charge on any atom is 0.315 e. The number of nitro groups is 1. The maximum absolute atomic E-state index is 10.4. The molecule has 0 aromatic carbocycles. The quantitative estimate of drug-likeness (QED) is 0.315. The standard InChI is InChI=1S/C8H14ClNO4/c1-8(9,10(11)12)6-14-7-4-2-3-5-13-7/h7H,2-6H2,1H3. The third-order valence-corrected chi connectivity index (χ3v) is 2.30. The van der Waals surface area contributed by atoms with Crippen molar-refractivity contribution in [1.82, 2.24) is 0 Å². The molecule has 0 radical (unpaired) electrons. The summed E-state index contributed by atoms with van der Waals surface area (Å²) in [4.78, 5) is 8.33. The highest BCUT2D eigenvalue weighted by Crippen LogP contribution is 2.19. The molecule has 1 aliphatic heterocycles. The van der Waals surface area contributed by atoms with Gasteiger partial charge in [-0.25, -0.2) is 0 Å². The van der Waals surface area contributed by atoms with Crippen LogP contribution in [-0.4, -0.2) is 29.4 Å².